The average molecular weight is 542 g/mol. The van der Waals surface area contributed by atoms with Crippen molar-refractivity contribution < 1.29 is 0 Å². The highest BCUT2D eigenvalue weighted by Gasteiger charge is 2.30. The maximum atomic E-state index is 2.39. The molecule has 0 heterocycles. The van der Waals surface area contributed by atoms with E-state index < -0.39 is 0 Å². The van der Waals surface area contributed by atoms with Crippen molar-refractivity contribution >= 4 is 17.3 Å². The Kier molecular flexibility index (Phi) is 8.38. The van der Waals surface area contributed by atoms with Crippen LogP contribution in [0, 0.1) is 18.8 Å². The third-order valence-corrected chi connectivity index (χ3v) is 7.81. The summed E-state index contributed by atoms with van der Waals surface area (Å²) in [5, 5.41) is 0. The number of aryl methyl sites for hydroxylation is 1. The largest absolute Gasteiger partial charge is 0.320 e. The molecule has 0 radical (unpaired) electrons. The smallest absolute Gasteiger partial charge is 0.0452 e. The van der Waals surface area contributed by atoms with Crippen molar-refractivity contribution in [1.82, 2.24) is 0 Å². The van der Waals surface area contributed by atoms with E-state index >= 15 is 0 Å². The first-order valence-corrected chi connectivity index (χ1v) is 14.6. The highest BCUT2D eigenvalue weighted by Crippen LogP contribution is 2.41. The second-order valence-corrected chi connectivity index (χ2v) is 10.7. The van der Waals surface area contributed by atoms with Crippen LogP contribution in [0.15, 0.2) is 187 Å². The Morgan fingerprint density at radius 3 is 1.81 bits per heavy atom. The lowest BCUT2D eigenvalue weighted by Gasteiger charge is -2.37. The van der Waals surface area contributed by atoms with Gasteiger partial charge < -0.3 is 4.90 Å². The van der Waals surface area contributed by atoms with Crippen LogP contribution in [-0.2, 0) is 0 Å². The standard InChI is InChI=1S/C41H35N/c1-32-25-28-37(29-26-32)42(31-40(34-18-7-3-8-19-34)35-20-9-4-10-21-35)41-30-27-36(38-23-13-14-24-39(38)41)22-12-11-17-33-15-5-2-6-16-33/h2-31,38-39H,1H3/b17-11+,22-12+. The van der Waals surface area contributed by atoms with Gasteiger partial charge in [-0.1, -0.05) is 163 Å². The highest BCUT2D eigenvalue weighted by molar-refractivity contribution is 5.82. The van der Waals surface area contributed by atoms with E-state index in [9.17, 15) is 0 Å². The lowest BCUT2D eigenvalue weighted by atomic mass is 9.77. The van der Waals surface area contributed by atoms with Gasteiger partial charge in [0.15, 0.2) is 0 Å². The summed E-state index contributed by atoms with van der Waals surface area (Å²) in [6.07, 6.45) is 24.6. The second kappa shape index (κ2) is 13.0. The van der Waals surface area contributed by atoms with Gasteiger partial charge >= 0.3 is 0 Å². The van der Waals surface area contributed by atoms with Gasteiger partial charge in [-0.2, -0.15) is 0 Å². The number of benzene rings is 4. The Balaban J connectivity index is 1.43. The number of fused-ring (bicyclic) bond motifs is 1. The summed E-state index contributed by atoms with van der Waals surface area (Å²) >= 11 is 0. The maximum absolute atomic E-state index is 2.39. The zero-order valence-electron chi connectivity index (χ0n) is 23.9. The zero-order chi connectivity index (χ0) is 28.6. The van der Waals surface area contributed by atoms with Crippen LogP contribution in [0.2, 0.25) is 0 Å². The Hall–Kier alpha value is -5.14. The Bertz CT molecular complexity index is 1650. The van der Waals surface area contributed by atoms with Crippen LogP contribution in [0.1, 0.15) is 22.3 Å². The van der Waals surface area contributed by atoms with E-state index in [2.05, 4.69) is 188 Å². The molecule has 204 valence electrons. The molecule has 2 aliphatic rings. The van der Waals surface area contributed by atoms with Crippen molar-refractivity contribution in [2.24, 2.45) is 11.8 Å². The number of rotatable bonds is 8. The van der Waals surface area contributed by atoms with Crippen molar-refractivity contribution in [1.29, 1.82) is 0 Å². The van der Waals surface area contributed by atoms with Gasteiger partial charge in [0.25, 0.3) is 0 Å². The molecule has 0 bridgehead atoms. The summed E-state index contributed by atoms with van der Waals surface area (Å²) in [7, 11) is 0. The van der Waals surface area contributed by atoms with Gasteiger partial charge in [0.2, 0.25) is 0 Å². The molecule has 2 atom stereocenters. The lowest BCUT2D eigenvalue weighted by Crippen LogP contribution is -2.29. The lowest BCUT2D eigenvalue weighted by molar-refractivity contribution is 0.591. The van der Waals surface area contributed by atoms with Crippen molar-refractivity contribution in [3.05, 3.63) is 210 Å². The van der Waals surface area contributed by atoms with Crippen LogP contribution < -0.4 is 4.90 Å². The van der Waals surface area contributed by atoms with Crippen LogP contribution in [0.5, 0.6) is 0 Å². The van der Waals surface area contributed by atoms with E-state index in [1.807, 2.05) is 6.07 Å². The summed E-state index contributed by atoms with van der Waals surface area (Å²) in [6, 6.07) is 40.6. The van der Waals surface area contributed by atoms with Gasteiger partial charge in [-0.05, 0) is 47.4 Å². The first-order chi connectivity index (χ1) is 20.8. The molecule has 0 aliphatic heterocycles. The first kappa shape index (κ1) is 27.1. The minimum Gasteiger partial charge on any atom is -0.320 e. The fourth-order valence-electron chi connectivity index (χ4n) is 5.60. The quantitative estimate of drug-likeness (QED) is 0.201. The van der Waals surface area contributed by atoms with Crippen molar-refractivity contribution in [3.8, 4) is 0 Å². The van der Waals surface area contributed by atoms with Crippen molar-refractivity contribution in [2.75, 3.05) is 4.90 Å². The molecule has 0 saturated heterocycles. The number of allylic oxidation sites excluding steroid dienone is 10. The van der Waals surface area contributed by atoms with Gasteiger partial charge in [0, 0.05) is 35.0 Å². The van der Waals surface area contributed by atoms with E-state index in [1.54, 1.807) is 0 Å². The third kappa shape index (κ3) is 6.27. The molecule has 0 spiro atoms. The molecule has 1 heteroatoms. The van der Waals surface area contributed by atoms with Crippen LogP contribution in [0.25, 0.3) is 11.6 Å². The summed E-state index contributed by atoms with van der Waals surface area (Å²) in [4.78, 5) is 2.39. The molecule has 1 nitrogen and oxygen atoms in total. The number of nitrogens with zero attached hydrogens (tertiary/aromatic N) is 1. The molecule has 0 N–H and O–H groups in total. The predicted octanol–water partition coefficient (Wildman–Crippen LogP) is 10.3. The van der Waals surface area contributed by atoms with Crippen molar-refractivity contribution in [3.63, 3.8) is 0 Å². The van der Waals surface area contributed by atoms with Crippen LogP contribution in [-0.4, -0.2) is 0 Å². The SMILES string of the molecule is Cc1ccc(N(C=C(c2ccccc2)c2ccccc2)C2=CC=C(/C=C/C=C/c3ccccc3)C3C=CC=CC23)cc1. The normalized spacial score (nSPS) is 17.5. The molecule has 0 amide bonds. The van der Waals surface area contributed by atoms with Crippen LogP contribution >= 0.6 is 0 Å². The zero-order valence-corrected chi connectivity index (χ0v) is 23.9. The Labute approximate surface area is 250 Å². The van der Waals surface area contributed by atoms with Crippen molar-refractivity contribution in [2.45, 2.75) is 6.92 Å². The minimum atomic E-state index is 0.211. The summed E-state index contributed by atoms with van der Waals surface area (Å²) in [6.45, 7) is 2.14. The van der Waals surface area contributed by atoms with Gasteiger partial charge in [-0.15, -0.1) is 0 Å². The van der Waals surface area contributed by atoms with E-state index in [0.29, 0.717) is 0 Å². The maximum Gasteiger partial charge on any atom is 0.0452 e. The summed E-state index contributed by atoms with van der Waals surface area (Å²) in [5.41, 5.74) is 9.73. The van der Waals surface area contributed by atoms with E-state index in [4.69, 9.17) is 0 Å². The summed E-state index contributed by atoms with van der Waals surface area (Å²) in [5.74, 6) is 0.470. The molecule has 2 unspecified atom stereocenters. The van der Waals surface area contributed by atoms with Gasteiger partial charge in [0.1, 0.15) is 0 Å². The minimum absolute atomic E-state index is 0.211. The van der Waals surface area contributed by atoms with Gasteiger partial charge in [-0.3, -0.25) is 0 Å². The molecule has 4 aromatic carbocycles. The van der Waals surface area contributed by atoms with Gasteiger partial charge in [0.05, 0.1) is 0 Å². The molecule has 0 fully saturated rings. The topological polar surface area (TPSA) is 3.24 Å². The number of hydrogen-bond acceptors (Lipinski definition) is 1. The number of hydrogen-bond donors (Lipinski definition) is 0. The van der Waals surface area contributed by atoms with Gasteiger partial charge in [-0.25, -0.2) is 0 Å². The molecule has 0 aromatic heterocycles. The summed E-state index contributed by atoms with van der Waals surface area (Å²) < 4.78 is 0. The Morgan fingerprint density at radius 1 is 0.595 bits per heavy atom. The van der Waals surface area contributed by atoms with E-state index in [-0.39, 0.29) is 11.8 Å². The molecule has 42 heavy (non-hydrogen) atoms. The molecule has 2 aliphatic carbocycles. The van der Waals surface area contributed by atoms with E-state index in [0.717, 1.165) is 5.69 Å². The Morgan fingerprint density at radius 2 is 1.17 bits per heavy atom. The fourth-order valence-corrected chi connectivity index (χ4v) is 5.60. The first-order valence-electron chi connectivity index (χ1n) is 14.6. The molecule has 4 aromatic rings. The molecular formula is C41H35N. The second-order valence-electron chi connectivity index (χ2n) is 10.7. The third-order valence-electron chi connectivity index (χ3n) is 7.81. The average Bonchev–Trinajstić information content (AvgIpc) is 3.06. The van der Waals surface area contributed by atoms with Crippen LogP contribution in [0.3, 0.4) is 0 Å². The monoisotopic (exact) mass is 541 g/mol. The fraction of sp³-hybridized carbons (Fsp3) is 0.0732. The molecule has 0 saturated carbocycles. The molecular weight excluding hydrogens is 506 g/mol. The highest BCUT2D eigenvalue weighted by atomic mass is 15.1. The van der Waals surface area contributed by atoms with E-state index in [1.165, 1.54) is 39.1 Å². The van der Waals surface area contributed by atoms with Crippen LogP contribution in [0.4, 0.5) is 5.69 Å². The predicted molar refractivity (Wildman–Crippen MR) is 180 cm³/mol. The number of anilines is 1. The molecule has 6 rings (SSSR count).